The molecule has 0 aliphatic heterocycles. The number of carbonyl (C=O) groups is 3. The van der Waals surface area contributed by atoms with Crippen molar-refractivity contribution in [3.05, 3.63) is 0 Å². The molecule has 2 N–H and O–H groups in total. The summed E-state index contributed by atoms with van der Waals surface area (Å²) in [6.45, 7) is 6.89. The van der Waals surface area contributed by atoms with Gasteiger partial charge in [-0.15, -0.1) is 0 Å². The number of esters is 1. The van der Waals surface area contributed by atoms with E-state index in [2.05, 4.69) is 10.1 Å². The second-order valence-electron chi connectivity index (χ2n) is 4.88. The third-order valence-electron chi connectivity index (χ3n) is 1.93. The van der Waals surface area contributed by atoms with Crippen LogP contribution in [0.1, 0.15) is 40.5 Å². The Bertz CT molecular complexity index is 334. The van der Waals surface area contributed by atoms with Gasteiger partial charge in [0.1, 0.15) is 11.6 Å². The minimum atomic E-state index is -1.23. The summed E-state index contributed by atoms with van der Waals surface area (Å²) in [7, 11) is 0. The molecular formula is C12H21NO6. The quantitative estimate of drug-likeness (QED) is 0.708. The molecule has 0 rings (SSSR count). The van der Waals surface area contributed by atoms with Crippen LogP contribution in [0.25, 0.3) is 0 Å². The molecule has 0 radical (unpaired) electrons. The van der Waals surface area contributed by atoms with Gasteiger partial charge in [0.15, 0.2) is 0 Å². The Morgan fingerprint density at radius 3 is 2.26 bits per heavy atom. The van der Waals surface area contributed by atoms with E-state index in [1.165, 1.54) is 0 Å². The minimum Gasteiger partial charge on any atom is -0.480 e. The lowest BCUT2D eigenvalue weighted by Crippen LogP contribution is -2.43. The van der Waals surface area contributed by atoms with Gasteiger partial charge in [-0.2, -0.15) is 0 Å². The highest BCUT2D eigenvalue weighted by atomic mass is 16.6. The highest BCUT2D eigenvalue weighted by molar-refractivity contribution is 5.80. The molecule has 0 aromatic heterocycles. The Hall–Kier alpha value is -1.79. The van der Waals surface area contributed by atoms with Crippen LogP contribution in [0.2, 0.25) is 0 Å². The molecule has 0 aliphatic carbocycles. The number of hydrogen-bond donors (Lipinski definition) is 2. The summed E-state index contributed by atoms with van der Waals surface area (Å²) < 4.78 is 9.62. The molecule has 0 unspecified atom stereocenters. The minimum absolute atomic E-state index is 0.0482. The van der Waals surface area contributed by atoms with Gasteiger partial charge in [0.2, 0.25) is 0 Å². The van der Waals surface area contributed by atoms with Crippen molar-refractivity contribution in [2.75, 3.05) is 6.61 Å². The van der Waals surface area contributed by atoms with Gasteiger partial charge in [-0.05, 0) is 34.1 Å². The normalized spacial score (nSPS) is 12.4. The number of rotatable bonds is 6. The third-order valence-corrected chi connectivity index (χ3v) is 1.93. The highest BCUT2D eigenvalue weighted by Crippen LogP contribution is 2.08. The number of hydrogen-bond acceptors (Lipinski definition) is 5. The van der Waals surface area contributed by atoms with Crippen molar-refractivity contribution in [2.45, 2.75) is 52.2 Å². The zero-order chi connectivity index (χ0) is 15.1. The maximum absolute atomic E-state index is 11.4. The maximum Gasteiger partial charge on any atom is 0.408 e. The predicted octanol–water partition coefficient (Wildman–Crippen LogP) is 1.31. The molecule has 0 fully saturated rings. The maximum atomic E-state index is 11.4. The Morgan fingerprint density at radius 2 is 1.84 bits per heavy atom. The van der Waals surface area contributed by atoms with E-state index in [4.69, 9.17) is 9.84 Å². The highest BCUT2D eigenvalue weighted by Gasteiger charge is 2.24. The van der Waals surface area contributed by atoms with Crippen molar-refractivity contribution in [1.82, 2.24) is 5.32 Å². The molecule has 110 valence electrons. The summed E-state index contributed by atoms with van der Waals surface area (Å²) in [6.07, 6.45) is -0.961. The van der Waals surface area contributed by atoms with Gasteiger partial charge in [-0.3, -0.25) is 4.79 Å². The average molecular weight is 275 g/mol. The van der Waals surface area contributed by atoms with Crippen LogP contribution in [0, 0.1) is 0 Å². The number of carboxylic acids is 1. The summed E-state index contributed by atoms with van der Waals surface area (Å²) in [5.74, 6) is -1.73. The summed E-state index contributed by atoms with van der Waals surface area (Å²) >= 11 is 0. The number of aliphatic carboxylic acids is 1. The van der Waals surface area contributed by atoms with Crippen LogP contribution in [0.3, 0.4) is 0 Å². The summed E-state index contributed by atoms with van der Waals surface area (Å²) in [5.41, 5.74) is -0.714. The lowest BCUT2D eigenvalue weighted by Gasteiger charge is -2.21. The van der Waals surface area contributed by atoms with Gasteiger partial charge in [-0.1, -0.05) is 0 Å². The van der Waals surface area contributed by atoms with Crippen LogP contribution >= 0.6 is 0 Å². The number of carboxylic acid groups (broad SMARTS) is 1. The number of amides is 1. The molecule has 0 saturated carbocycles. The fourth-order valence-corrected chi connectivity index (χ4v) is 1.20. The molecule has 1 atom stereocenters. The molecule has 0 heterocycles. The first-order valence-electron chi connectivity index (χ1n) is 6.03. The lowest BCUT2D eigenvalue weighted by molar-refractivity contribution is -0.144. The lowest BCUT2D eigenvalue weighted by atomic mass is 10.1. The predicted molar refractivity (Wildman–Crippen MR) is 66.7 cm³/mol. The van der Waals surface area contributed by atoms with E-state index in [1.54, 1.807) is 27.7 Å². The van der Waals surface area contributed by atoms with Gasteiger partial charge >= 0.3 is 18.0 Å². The van der Waals surface area contributed by atoms with Crippen molar-refractivity contribution < 1.29 is 29.0 Å². The summed E-state index contributed by atoms with van der Waals surface area (Å²) in [5, 5.41) is 11.1. The molecule has 1 amide bonds. The Balaban J connectivity index is 4.31. The molecule has 0 saturated heterocycles. The van der Waals surface area contributed by atoms with Crippen molar-refractivity contribution >= 4 is 18.0 Å². The zero-order valence-corrected chi connectivity index (χ0v) is 11.7. The molecule has 7 heteroatoms. The Labute approximate surface area is 112 Å². The van der Waals surface area contributed by atoms with Crippen molar-refractivity contribution in [2.24, 2.45) is 0 Å². The molecule has 0 aromatic rings. The Kier molecular flexibility index (Phi) is 6.89. The fraction of sp³-hybridized carbons (Fsp3) is 0.750. The first-order chi connectivity index (χ1) is 8.65. The van der Waals surface area contributed by atoms with Gasteiger partial charge in [-0.25, -0.2) is 9.59 Å². The molecule has 0 bridgehead atoms. The van der Waals surface area contributed by atoms with E-state index in [9.17, 15) is 14.4 Å². The van der Waals surface area contributed by atoms with E-state index < -0.39 is 29.7 Å². The van der Waals surface area contributed by atoms with Gasteiger partial charge in [0, 0.05) is 6.42 Å². The smallest absolute Gasteiger partial charge is 0.408 e. The van der Waals surface area contributed by atoms with Crippen molar-refractivity contribution in [3.63, 3.8) is 0 Å². The molecule has 19 heavy (non-hydrogen) atoms. The summed E-state index contributed by atoms with van der Waals surface area (Å²) in [4.78, 5) is 33.5. The van der Waals surface area contributed by atoms with Crippen LogP contribution in [-0.2, 0) is 19.1 Å². The van der Waals surface area contributed by atoms with Crippen LogP contribution in [-0.4, -0.2) is 41.4 Å². The summed E-state index contributed by atoms with van der Waals surface area (Å²) in [6, 6.07) is -1.18. The van der Waals surface area contributed by atoms with Crippen LogP contribution in [0.15, 0.2) is 0 Å². The largest absolute Gasteiger partial charge is 0.480 e. The first kappa shape index (κ1) is 17.2. The van der Waals surface area contributed by atoms with Crippen LogP contribution in [0.5, 0.6) is 0 Å². The van der Waals surface area contributed by atoms with E-state index in [-0.39, 0.29) is 19.4 Å². The van der Waals surface area contributed by atoms with E-state index in [0.717, 1.165) is 0 Å². The van der Waals surface area contributed by atoms with Gasteiger partial charge < -0.3 is 19.9 Å². The fourth-order valence-electron chi connectivity index (χ4n) is 1.20. The monoisotopic (exact) mass is 275 g/mol. The second kappa shape index (κ2) is 7.60. The topological polar surface area (TPSA) is 102 Å². The SMILES string of the molecule is CCOC(=O)CC[C@@H](NC(=O)OC(C)(C)C)C(=O)O. The molecule has 0 spiro atoms. The van der Waals surface area contributed by atoms with E-state index >= 15 is 0 Å². The zero-order valence-electron chi connectivity index (χ0n) is 11.7. The van der Waals surface area contributed by atoms with Crippen LogP contribution in [0.4, 0.5) is 4.79 Å². The molecule has 0 aliphatic rings. The van der Waals surface area contributed by atoms with Crippen molar-refractivity contribution in [3.8, 4) is 0 Å². The standard InChI is InChI=1S/C12H21NO6/c1-5-18-9(14)7-6-8(10(15)16)13-11(17)19-12(2,3)4/h8H,5-7H2,1-4H3,(H,13,17)(H,15,16)/t8-/m1/s1. The second-order valence-corrected chi connectivity index (χ2v) is 4.88. The Morgan fingerprint density at radius 1 is 1.26 bits per heavy atom. The van der Waals surface area contributed by atoms with Gasteiger partial charge in [0.25, 0.3) is 0 Å². The van der Waals surface area contributed by atoms with E-state index in [1.807, 2.05) is 0 Å². The van der Waals surface area contributed by atoms with Crippen LogP contribution < -0.4 is 5.32 Å². The molecule has 0 aromatic carbocycles. The van der Waals surface area contributed by atoms with Crippen molar-refractivity contribution in [1.29, 1.82) is 0 Å². The van der Waals surface area contributed by atoms with Gasteiger partial charge in [0.05, 0.1) is 6.61 Å². The molecule has 7 nitrogen and oxygen atoms in total. The average Bonchev–Trinajstić information content (AvgIpc) is 2.21. The number of nitrogens with one attached hydrogen (secondary N) is 1. The van der Waals surface area contributed by atoms with E-state index in [0.29, 0.717) is 0 Å². The molecular weight excluding hydrogens is 254 g/mol. The first-order valence-corrected chi connectivity index (χ1v) is 6.03. The number of ether oxygens (including phenoxy) is 2. The number of carbonyl (C=O) groups excluding carboxylic acids is 2. The number of alkyl carbamates (subject to hydrolysis) is 1. The third kappa shape index (κ3) is 8.87.